The van der Waals surface area contributed by atoms with Crippen LogP contribution in [0.15, 0.2) is 22.7 Å². The number of amides is 2. The van der Waals surface area contributed by atoms with E-state index in [0.717, 1.165) is 0 Å². The Morgan fingerprint density at radius 2 is 2.04 bits per heavy atom. The Bertz CT molecular complexity index is 606. The zero-order valence-corrected chi connectivity index (χ0v) is 14.7. The first-order valence-corrected chi connectivity index (χ1v) is 7.69. The average Bonchev–Trinajstić information content (AvgIpc) is 2.50. The van der Waals surface area contributed by atoms with Gasteiger partial charge in [-0.1, -0.05) is 0 Å². The Morgan fingerprint density at radius 3 is 2.57 bits per heavy atom. The number of rotatable bonds is 7. The highest BCUT2D eigenvalue weighted by Gasteiger charge is 2.27. The third-order valence-electron chi connectivity index (χ3n) is 3.22. The Kier molecular flexibility index (Phi) is 7.02. The quantitative estimate of drug-likeness (QED) is 0.740. The van der Waals surface area contributed by atoms with Gasteiger partial charge in [-0.15, -0.1) is 0 Å². The van der Waals surface area contributed by atoms with E-state index in [0.29, 0.717) is 15.8 Å². The zero-order chi connectivity index (χ0) is 17.6. The summed E-state index contributed by atoms with van der Waals surface area (Å²) in [4.78, 5) is 36.1. The second kappa shape index (κ2) is 8.52. The Hall–Kier alpha value is -2.09. The van der Waals surface area contributed by atoms with Gasteiger partial charge in [0.25, 0.3) is 5.91 Å². The monoisotopic (exact) mass is 386 g/mol. The maximum Gasteiger partial charge on any atom is 0.326 e. The number of halogens is 1. The minimum atomic E-state index is -1.12. The van der Waals surface area contributed by atoms with Crippen LogP contribution in [-0.4, -0.2) is 54.0 Å². The number of carbonyl (C=O) groups excluding carboxylic acids is 2. The molecule has 2 amide bonds. The van der Waals surface area contributed by atoms with Gasteiger partial charge in [-0.2, -0.15) is 0 Å². The van der Waals surface area contributed by atoms with Gasteiger partial charge < -0.3 is 20.1 Å². The number of carboxylic acids is 1. The maximum absolute atomic E-state index is 12.7. The standard InChI is InChI=1S/C15H19BrN2O5/c1-9(15(21)22)18(7-6-17-10(2)19)14(20)12-8-11(23-3)4-5-13(12)16/h4-5,8-9H,6-7H2,1-3H3,(H,17,19)(H,21,22). The molecule has 0 spiro atoms. The zero-order valence-electron chi connectivity index (χ0n) is 13.1. The molecule has 0 saturated carbocycles. The van der Waals surface area contributed by atoms with Gasteiger partial charge in [0.05, 0.1) is 12.7 Å². The van der Waals surface area contributed by atoms with Crippen molar-refractivity contribution in [2.45, 2.75) is 19.9 Å². The normalized spacial score (nSPS) is 11.5. The van der Waals surface area contributed by atoms with Gasteiger partial charge in [0.1, 0.15) is 11.8 Å². The minimum absolute atomic E-state index is 0.0789. The molecule has 0 radical (unpaired) electrons. The highest BCUT2D eigenvalue weighted by atomic mass is 79.9. The molecule has 126 valence electrons. The average molecular weight is 387 g/mol. The second-order valence-electron chi connectivity index (χ2n) is 4.84. The summed E-state index contributed by atoms with van der Waals surface area (Å²) in [6.45, 7) is 3.02. The number of ether oxygens (including phenoxy) is 1. The lowest BCUT2D eigenvalue weighted by atomic mass is 10.1. The molecule has 23 heavy (non-hydrogen) atoms. The first kappa shape index (κ1) is 19.0. The lowest BCUT2D eigenvalue weighted by Gasteiger charge is -2.27. The number of methoxy groups -OCH3 is 1. The van der Waals surface area contributed by atoms with Crippen molar-refractivity contribution in [1.82, 2.24) is 10.2 Å². The van der Waals surface area contributed by atoms with Crippen molar-refractivity contribution >= 4 is 33.7 Å². The largest absolute Gasteiger partial charge is 0.497 e. The van der Waals surface area contributed by atoms with Crippen molar-refractivity contribution in [3.8, 4) is 5.75 Å². The molecule has 0 saturated heterocycles. The summed E-state index contributed by atoms with van der Waals surface area (Å²) in [5.74, 6) is -1.35. The van der Waals surface area contributed by atoms with Crippen LogP contribution in [0.3, 0.4) is 0 Å². The molecule has 0 heterocycles. The number of carboxylic acid groups (broad SMARTS) is 1. The summed E-state index contributed by atoms with van der Waals surface area (Å²) in [6.07, 6.45) is 0. The lowest BCUT2D eigenvalue weighted by Crippen LogP contribution is -2.46. The predicted octanol–water partition coefficient (Wildman–Crippen LogP) is 1.51. The molecule has 0 fully saturated rings. The van der Waals surface area contributed by atoms with Gasteiger partial charge in [-0.05, 0) is 41.1 Å². The molecule has 1 unspecified atom stereocenters. The van der Waals surface area contributed by atoms with E-state index in [1.54, 1.807) is 12.1 Å². The van der Waals surface area contributed by atoms with Crippen LogP contribution in [0.25, 0.3) is 0 Å². The molecular formula is C15H19BrN2O5. The van der Waals surface area contributed by atoms with E-state index >= 15 is 0 Å². The molecule has 7 nitrogen and oxygen atoms in total. The van der Waals surface area contributed by atoms with E-state index in [-0.39, 0.29) is 19.0 Å². The number of aliphatic carboxylic acids is 1. The summed E-state index contributed by atoms with van der Waals surface area (Å²) in [7, 11) is 1.48. The van der Waals surface area contributed by atoms with Crippen molar-refractivity contribution in [3.63, 3.8) is 0 Å². The predicted molar refractivity (Wildman–Crippen MR) is 87.5 cm³/mol. The van der Waals surface area contributed by atoms with Crippen LogP contribution in [-0.2, 0) is 9.59 Å². The molecule has 0 bridgehead atoms. The fourth-order valence-electron chi connectivity index (χ4n) is 1.91. The van der Waals surface area contributed by atoms with Gasteiger partial charge in [0, 0.05) is 24.5 Å². The smallest absolute Gasteiger partial charge is 0.326 e. The van der Waals surface area contributed by atoms with Crippen LogP contribution >= 0.6 is 15.9 Å². The number of benzene rings is 1. The molecule has 1 atom stereocenters. The van der Waals surface area contributed by atoms with Crippen LogP contribution in [0.4, 0.5) is 0 Å². The Morgan fingerprint density at radius 1 is 1.39 bits per heavy atom. The van der Waals surface area contributed by atoms with Crippen LogP contribution in [0.1, 0.15) is 24.2 Å². The Labute approximate surface area is 142 Å². The topological polar surface area (TPSA) is 95.9 Å². The second-order valence-corrected chi connectivity index (χ2v) is 5.70. The summed E-state index contributed by atoms with van der Waals surface area (Å²) in [6, 6.07) is 3.84. The van der Waals surface area contributed by atoms with Gasteiger partial charge in [0.15, 0.2) is 0 Å². The molecule has 0 aliphatic rings. The highest BCUT2D eigenvalue weighted by Crippen LogP contribution is 2.24. The molecule has 2 N–H and O–H groups in total. The third kappa shape index (κ3) is 5.24. The SMILES string of the molecule is COc1ccc(Br)c(C(=O)N(CCNC(C)=O)C(C)C(=O)O)c1. The van der Waals surface area contributed by atoms with Crippen molar-refractivity contribution in [1.29, 1.82) is 0 Å². The van der Waals surface area contributed by atoms with Gasteiger partial charge in [0.2, 0.25) is 5.91 Å². The molecule has 1 aromatic rings. The number of carbonyl (C=O) groups is 3. The number of hydrogen-bond donors (Lipinski definition) is 2. The highest BCUT2D eigenvalue weighted by molar-refractivity contribution is 9.10. The Balaban J connectivity index is 3.07. The van der Waals surface area contributed by atoms with Gasteiger partial charge in [-0.25, -0.2) is 4.79 Å². The lowest BCUT2D eigenvalue weighted by molar-refractivity contribution is -0.141. The number of nitrogens with zero attached hydrogens (tertiary/aromatic N) is 1. The van der Waals surface area contributed by atoms with Crippen LogP contribution in [0, 0.1) is 0 Å². The minimum Gasteiger partial charge on any atom is -0.497 e. The molecule has 1 rings (SSSR count). The number of nitrogens with one attached hydrogen (secondary N) is 1. The fraction of sp³-hybridized carbons (Fsp3) is 0.400. The van der Waals surface area contributed by atoms with E-state index in [4.69, 9.17) is 4.74 Å². The summed E-state index contributed by atoms with van der Waals surface area (Å²) < 4.78 is 5.63. The van der Waals surface area contributed by atoms with E-state index in [1.807, 2.05) is 0 Å². The van der Waals surface area contributed by atoms with Crippen molar-refractivity contribution in [2.24, 2.45) is 0 Å². The summed E-state index contributed by atoms with van der Waals surface area (Å²) in [5, 5.41) is 11.8. The van der Waals surface area contributed by atoms with E-state index in [1.165, 1.54) is 31.9 Å². The first-order chi connectivity index (χ1) is 10.8. The van der Waals surface area contributed by atoms with Crippen LogP contribution < -0.4 is 10.1 Å². The van der Waals surface area contributed by atoms with E-state index in [9.17, 15) is 19.5 Å². The summed E-state index contributed by atoms with van der Waals surface area (Å²) >= 11 is 3.29. The van der Waals surface area contributed by atoms with Crippen LogP contribution in [0.2, 0.25) is 0 Å². The molecule has 0 aliphatic carbocycles. The maximum atomic E-state index is 12.7. The van der Waals surface area contributed by atoms with Gasteiger partial charge in [-0.3, -0.25) is 9.59 Å². The van der Waals surface area contributed by atoms with E-state index < -0.39 is 17.9 Å². The van der Waals surface area contributed by atoms with Crippen molar-refractivity contribution in [2.75, 3.05) is 20.2 Å². The third-order valence-corrected chi connectivity index (χ3v) is 3.91. The molecule has 0 aromatic heterocycles. The van der Waals surface area contributed by atoms with Crippen molar-refractivity contribution in [3.05, 3.63) is 28.2 Å². The summed E-state index contributed by atoms with van der Waals surface area (Å²) in [5.41, 5.74) is 0.292. The molecule has 0 aliphatic heterocycles. The first-order valence-electron chi connectivity index (χ1n) is 6.89. The fourth-order valence-corrected chi connectivity index (χ4v) is 2.32. The molecule has 8 heteroatoms. The molecular weight excluding hydrogens is 368 g/mol. The van der Waals surface area contributed by atoms with Crippen molar-refractivity contribution < 1.29 is 24.2 Å². The van der Waals surface area contributed by atoms with E-state index in [2.05, 4.69) is 21.2 Å². The molecule has 1 aromatic carbocycles. The number of hydrogen-bond acceptors (Lipinski definition) is 4. The van der Waals surface area contributed by atoms with Gasteiger partial charge >= 0.3 is 5.97 Å². The van der Waals surface area contributed by atoms with Crippen LogP contribution in [0.5, 0.6) is 5.75 Å².